The molecule has 10 N–H and O–H groups in total. The molecule has 25 rings (SSSR count). The second-order valence-corrected chi connectivity index (χ2v) is 36.3. The Morgan fingerprint density at radius 3 is 1.24 bits per heavy atom. The van der Waals surface area contributed by atoms with Crippen LogP contribution in [0.15, 0.2) is 281 Å². The van der Waals surface area contributed by atoms with E-state index in [-0.39, 0.29) is 29.4 Å². The number of para-hydroxylation sites is 4. The number of ketones is 1. The van der Waals surface area contributed by atoms with Crippen LogP contribution in [0, 0.1) is 25.7 Å². The predicted molar refractivity (Wildman–Crippen MR) is 555 cm³/mol. The number of amides is 2. The summed E-state index contributed by atoms with van der Waals surface area (Å²) in [6.07, 6.45) is 26.3. The minimum atomic E-state index is -0.0355. The van der Waals surface area contributed by atoms with Crippen LogP contribution < -0.4 is 10.6 Å². The average Bonchev–Trinajstić information content (AvgIpc) is 1.62. The Bertz CT molecular complexity index is 8990. The summed E-state index contributed by atoms with van der Waals surface area (Å²) < 4.78 is 1.98. The maximum atomic E-state index is 12.2. The van der Waals surface area contributed by atoms with Crippen LogP contribution in [0.4, 0.5) is 11.4 Å². The van der Waals surface area contributed by atoms with Gasteiger partial charge in [-0.2, -0.15) is 20.4 Å². The van der Waals surface area contributed by atoms with Crippen molar-refractivity contribution in [2.75, 3.05) is 10.6 Å². The fraction of sp³-hybridized carbons (Fsp3) is 0.111. The number of hydrogen-bond acceptors (Lipinski definition) is 20. The lowest BCUT2D eigenvalue weighted by atomic mass is 10.0. The number of imidazole rings is 5. The van der Waals surface area contributed by atoms with Crippen molar-refractivity contribution in [1.29, 1.82) is 0 Å². The highest BCUT2D eigenvalue weighted by molar-refractivity contribution is 6.31. The summed E-state index contributed by atoms with van der Waals surface area (Å²) in [4.78, 5) is 109. The summed E-state index contributed by atoms with van der Waals surface area (Å²) in [7, 11) is 0. The summed E-state index contributed by atoms with van der Waals surface area (Å²) >= 11 is 18.7. The van der Waals surface area contributed by atoms with Crippen LogP contribution in [0.2, 0.25) is 15.1 Å². The number of nitrogens with zero attached hydrogens (tertiary/aromatic N) is 18. The molecule has 0 saturated heterocycles. The van der Waals surface area contributed by atoms with Crippen molar-refractivity contribution < 1.29 is 14.4 Å². The Morgan fingerprint density at radius 1 is 0.401 bits per heavy atom. The van der Waals surface area contributed by atoms with Gasteiger partial charge in [-0.05, 0) is 170 Å². The van der Waals surface area contributed by atoms with Gasteiger partial charge in [-0.1, -0.05) is 141 Å². The van der Waals surface area contributed by atoms with Crippen molar-refractivity contribution >= 4 is 152 Å². The number of aromatic amines is 8. The average molecular weight is 1930 g/mol. The third kappa shape index (κ3) is 18.5. The number of carbonyl (C=O) groups excluding carboxylic acids is 3. The number of pyridine rings is 8. The number of aromatic nitrogens is 26. The Kier molecular flexibility index (Phi) is 24.1. The summed E-state index contributed by atoms with van der Waals surface area (Å²) in [6, 6.07) is 65.1. The third-order valence-corrected chi connectivity index (χ3v) is 25.2. The van der Waals surface area contributed by atoms with E-state index in [0.29, 0.717) is 91.6 Å². The monoisotopic (exact) mass is 1920 g/mol. The van der Waals surface area contributed by atoms with Crippen LogP contribution in [0.3, 0.4) is 0 Å². The highest BCUT2D eigenvalue weighted by Crippen LogP contribution is 2.41. The molecule has 0 unspecified atom stereocenters. The highest BCUT2D eigenvalue weighted by Gasteiger charge is 2.30. The van der Waals surface area contributed by atoms with Crippen LogP contribution in [0.25, 0.3) is 218 Å². The molecule has 1 saturated carbocycles. The Balaban J connectivity index is 0.000000109. The number of rotatable bonds is 20. The Labute approximate surface area is 822 Å². The van der Waals surface area contributed by atoms with Gasteiger partial charge in [0, 0.05) is 169 Å². The molecule has 24 aromatic rings. The first-order valence-electron chi connectivity index (χ1n) is 45.8. The molecular weight excluding hydrogens is 1840 g/mol. The minimum absolute atomic E-state index is 0.0355. The second kappa shape index (κ2) is 38.3. The topological polar surface area (TPSA) is 426 Å². The molecule has 694 valence electrons. The van der Waals surface area contributed by atoms with Gasteiger partial charge in [0.05, 0.1) is 102 Å². The van der Waals surface area contributed by atoms with E-state index in [0.717, 1.165) is 202 Å². The molecule has 142 heavy (non-hydrogen) atoms. The molecule has 7 aromatic carbocycles. The molecule has 31 nitrogen and oxygen atoms in total. The maximum absolute atomic E-state index is 12.2. The van der Waals surface area contributed by atoms with Crippen molar-refractivity contribution in [3.8, 4) is 130 Å². The number of nitrogens with one attached hydrogen (secondary N) is 10. The summed E-state index contributed by atoms with van der Waals surface area (Å²) in [5.41, 5.74) is 30.8. The Morgan fingerprint density at radius 2 is 0.817 bits per heavy atom. The van der Waals surface area contributed by atoms with E-state index in [2.05, 4.69) is 129 Å². The summed E-state index contributed by atoms with van der Waals surface area (Å²) in [6.45, 7) is 9.92. The standard InChI is InChI=1S/C29H24ClN7O.C28H20ClN7O.C28H21ClN6O.C23H18N8/c1-16(2)9-25(38)33-21-11-18(13-31-15-21)19-12-23-27(36-37-28(23)32-14-19)29-34-24-8-4-7-22(26(24)35-29)17-5-3-6-20(30)10-17;29-19-4-1-3-16(9-19)21-5-2-6-23-24(21)34-27(33-23)25-22-11-18(13-31-26(22)36-35-25)17-10-20(14-30-12-17)32-28(37)15-7-8-15;1-2-21(36)13-20-10-9-17(14-30-20)18-12-23-26(34-35-27(23)31-15-18)28-32-24-8-4-7-22(25(24)33-28)16-5-3-6-19(29)11-16;1-13-6-7-24-10-17(13)15-8-16-20(29-30-22(16)25-9-15)23-27-18-4-3-5-19(21(18)28-23)31-11-14(2)26-12-31/h3-8,10-16H,9H2,1-2H3,(H,33,38)(H,34,35)(H,32,36,37);1-6,9-15H,7-8H2,(H,32,37)(H,33,34)(H,31,35,36);3-12,14-15H,2,13H2,1H3,(H,32,33)(H,31,34,35);3-12H,1-2H3,(H,27,28)(H,25,29,30). The van der Waals surface area contributed by atoms with E-state index in [4.69, 9.17) is 54.7 Å². The van der Waals surface area contributed by atoms with Gasteiger partial charge in [0.2, 0.25) is 11.8 Å². The zero-order valence-electron chi connectivity index (χ0n) is 76.7. The number of benzene rings is 7. The number of hydrogen-bond donors (Lipinski definition) is 10. The molecule has 2 amide bonds. The molecule has 0 spiro atoms. The van der Waals surface area contributed by atoms with Crippen molar-refractivity contribution in [2.24, 2.45) is 11.8 Å². The van der Waals surface area contributed by atoms with Gasteiger partial charge in [-0.25, -0.2) is 44.9 Å². The van der Waals surface area contributed by atoms with Gasteiger partial charge < -0.3 is 35.1 Å². The lowest BCUT2D eigenvalue weighted by Gasteiger charge is -2.08. The van der Waals surface area contributed by atoms with Gasteiger partial charge in [0.25, 0.3) is 0 Å². The molecule has 1 aliphatic rings. The minimum Gasteiger partial charge on any atom is -0.337 e. The molecule has 1 fully saturated rings. The fourth-order valence-corrected chi connectivity index (χ4v) is 17.8. The molecule has 17 aromatic heterocycles. The first-order valence-corrected chi connectivity index (χ1v) is 47.0. The number of fused-ring (bicyclic) bond motifs is 8. The quantitative estimate of drug-likeness (QED) is 0.0339. The second-order valence-electron chi connectivity index (χ2n) is 35.0. The lowest BCUT2D eigenvalue weighted by Crippen LogP contribution is -2.13. The van der Waals surface area contributed by atoms with E-state index in [1.54, 1.807) is 62.1 Å². The predicted octanol–water partition coefficient (Wildman–Crippen LogP) is 23.9. The zero-order chi connectivity index (χ0) is 96.8. The largest absolute Gasteiger partial charge is 0.337 e. The first kappa shape index (κ1) is 89.4. The van der Waals surface area contributed by atoms with Crippen LogP contribution in [-0.4, -0.2) is 148 Å². The van der Waals surface area contributed by atoms with Crippen molar-refractivity contribution in [3.63, 3.8) is 0 Å². The lowest BCUT2D eigenvalue weighted by molar-refractivity contribution is -0.118. The highest BCUT2D eigenvalue weighted by atomic mass is 35.5. The van der Waals surface area contributed by atoms with Crippen LogP contribution in [0.1, 0.15) is 63.4 Å². The number of Topliss-reactive ketones (excluding diaryl/α,β-unsaturated/α-hetero) is 1. The summed E-state index contributed by atoms with van der Waals surface area (Å²) in [5, 5.41) is 41.2. The van der Waals surface area contributed by atoms with Crippen LogP contribution in [0.5, 0.6) is 0 Å². The van der Waals surface area contributed by atoms with Gasteiger partial charge in [0.15, 0.2) is 45.9 Å². The number of anilines is 2. The molecule has 0 bridgehead atoms. The maximum Gasteiger partial charge on any atom is 0.227 e. The molecular formula is C108H83Cl3N28O3. The van der Waals surface area contributed by atoms with E-state index < -0.39 is 0 Å². The van der Waals surface area contributed by atoms with Gasteiger partial charge in [0.1, 0.15) is 34.1 Å². The van der Waals surface area contributed by atoms with E-state index >= 15 is 0 Å². The van der Waals surface area contributed by atoms with Gasteiger partial charge in [-0.3, -0.25) is 54.7 Å². The van der Waals surface area contributed by atoms with Crippen LogP contribution >= 0.6 is 34.8 Å². The summed E-state index contributed by atoms with van der Waals surface area (Å²) in [5.74, 6) is 3.29. The number of H-pyrrole nitrogens is 8. The third-order valence-electron chi connectivity index (χ3n) is 24.5. The molecule has 17 heterocycles. The fourth-order valence-electron chi connectivity index (χ4n) is 17.3. The van der Waals surface area contributed by atoms with E-state index in [1.165, 1.54) is 0 Å². The van der Waals surface area contributed by atoms with Gasteiger partial charge >= 0.3 is 0 Å². The van der Waals surface area contributed by atoms with E-state index in [1.807, 2.05) is 245 Å². The zero-order valence-corrected chi connectivity index (χ0v) is 78.9. The molecule has 0 radical (unpaired) electrons. The SMILES string of the molecule is CC(C)CC(=O)Nc1cncc(-c2cnc3n[nH]c(-c4nc5c(-c6cccc(Cl)c6)cccc5[nH]4)c3c2)c1.CCC(=O)Cc1ccc(-c2cnc3n[nH]c(-c4nc5c(-c6cccc(Cl)c6)cccc5[nH]4)c3c2)cn1.Cc1cn(-c2cccc3[nH]c(-c4[nH]nc5ncc(-c6cnccc6C)cc45)nc23)cn1.O=C(Nc1cncc(-c2cnc3n[nH]c(-c4nc5c(-c6cccc(Cl)c6)cccc5[nH]4)c3c2)c1)C1CC1. The molecule has 0 atom stereocenters. The smallest absolute Gasteiger partial charge is 0.227 e. The number of carbonyl (C=O) groups is 3. The van der Waals surface area contributed by atoms with Crippen molar-refractivity contribution in [3.05, 3.63) is 313 Å². The van der Waals surface area contributed by atoms with Crippen LogP contribution in [-0.2, 0) is 20.8 Å². The molecule has 0 aliphatic heterocycles. The molecule has 34 heteroatoms. The molecule has 1 aliphatic carbocycles. The Hall–Kier alpha value is -17.8. The van der Waals surface area contributed by atoms with Crippen molar-refractivity contribution in [1.82, 2.24) is 130 Å². The van der Waals surface area contributed by atoms with E-state index in [9.17, 15) is 14.4 Å². The van der Waals surface area contributed by atoms with Gasteiger partial charge in [-0.15, -0.1) is 0 Å². The number of halogens is 3. The normalized spacial score (nSPS) is 12.0. The number of aryl methyl sites for hydroxylation is 2. The van der Waals surface area contributed by atoms with Crippen molar-refractivity contribution in [2.45, 2.75) is 66.7 Å². The first-order chi connectivity index (χ1) is 69.3.